The molecule has 0 aliphatic carbocycles. The van der Waals surface area contributed by atoms with Crippen molar-refractivity contribution >= 4 is 11.7 Å². The molecule has 0 bridgehead atoms. The number of likely N-dealkylation sites (N-methyl/N-ethyl adjacent to an activating group) is 1. The van der Waals surface area contributed by atoms with Gasteiger partial charge in [0.05, 0.1) is 5.56 Å². The molecule has 1 aromatic carbocycles. The Morgan fingerprint density at radius 1 is 1.47 bits per heavy atom. The minimum atomic E-state index is -0.866. The molecular weight excluding hydrogens is 216 g/mol. The molecule has 1 unspecified atom stereocenters. The minimum Gasteiger partial charge on any atom is -0.478 e. The molecule has 0 saturated carbocycles. The molecule has 1 heterocycles. The molecule has 92 valence electrons. The van der Waals surface area contributed by atoms with Crippen LogP contribution in [0.4, 0.5) is 5.69 Å². The Balaban J connectivity index is 2.13. The molecule has 1 fully saturated rings. The Kier molecular flexibility index (Phi) is 3.33. The van der Waals surface area contributed by atoms with E-state index >= 15 is 0 Å². The molecule has 1 aliphatic rings. The molecule has 4 heteroatoms. The number of hydrogen-bond acceptors (Lipinski definition) is 3. The maximum absolute atomic E-state index is 10.9. The molecule has 1 N–H and O–H groups in total. The Hall–Kier alpha value is -1.55. The van der Waals surface area contributed by atoms with Gasteiger partial charge in [0.25, 0.3) is 0 Å². The topological polar surface area (TPSA) is 43.8 Å². The summed E-state index contributed by atoms with van der Waals surface area (Å²) in [5, 5.41) is 8.97. The molecular formula is C13H18N2O2. The van der Waals surface area contributed by atoms with Gasteiger partial charge in [-0.1, -0.05) is 6.07 Å². The number of hydrogen-bond donors (Lipinski definition) is 1. The molecule has 2 rings (SSSR count). The summed E-state index contributed by atoms with van der Waals surface area (Å²) in [4.78, 5) is 15.4. The zero-order valence-electron chi connectivity index (χ0n) is 10.3. The van der Waals surface area contributed by atoms with Gasteiger partial charge in [0.2, 0.25) is 0 Å². The average Bonchev–Trinajstić information content (AvgIpc) is 2.78. The molecule has 0 aromatic heterocycles. The van der Waals surface area contributed by atoms with E-state index < -0.39 is 5.97 Å². The van der Waals surface area contributed by atoms with Crippen molar-refractivity contribution in [3.05, 3.63) is 29.8 Å². The molecule has 1 atom stereocenters. The van der Waals surface area contributed by atoms with Crippen molar-refractivity contribution in [3.63, 3.8) is 0 Å². The third-order valence-corrected chi connectivity index (χ3v) is 3.35. The smallest absolute Gasteiger partial charge is 0.335 e. The van der Waals surface area contributed by atoms with E-state index in [4.69, 9.17) is 5.11 Å². The van der Waals surface area contributed by atoms with Gasteiger partial charge in [-0.05, 0) is 38.7 Å². The molecule has 1 aliphatic heterocycles. The number of carboxylic acids is 1. The molecule has 1 saturated heterocycles. The van der Waals surface area contributed by atoms with Crippen molar-refractivity contribution < 1.29 is 9.90 Å². The summed E-state index contributed by atoms with van der Waals surface area (Å²) in [5.41, 5.74) is 1.37. The van der Waals surface area contributed by atoms with Gasteiger partial charge in [0.1, 0.15) is 0 Å². The number of carbonyl (C=O) groups is 1. The van der Waals surface area contributed by atoms with Crippen molar-refractivity contribution in [2.24, 2.45) is 0 Å². The van der Waals surface area contributed by atoms with Crippen molar-refractivity contribution in [2.45, 2.75) is 12.5 Å². The lowest BCUT2D eigenvalue weighted by Crippen LogP contribution is -2.31. The summed E-state index contributed by atoms with van der Waals surface area (Å²) >= 11 is 0. The molecule has 0 amide bonds. The largest absolute Gasteiger partial charge is 0.478 e. The second-order valence-corrected chi connectivity index (χ2v) is 4.71. The molecule has 0 spiro atoms. The number of anilines is 1. The molecule has 17 heavy (non-hydrogen) atoms. The van der Waals surface area contributed by atoms with E-state index in [1.807, 2.05) is 12.1 Å². The van der Waals surface area contributed by atoms with Crippen LogP contribution in [0.3, 0.4) is 0 Å². The van der Waals surface area contributed by atoms with Crippen molar-refractivity contribution in [1.82, 2.24) is 4.90 Å². The minimum absolute atomic E-state index is 0.357. The van der Waals surface area contributed by atoms with Gasteiger partial charge in [0.15, 0.2) is 0 Å². The Morgan fingerprint density at radius 2 is 2.24 bits per heavy atom. The number of aromatic carboxylic acids is 1. The predicted molar refractivity (Wildman–Crippen MR) is 67.7 cm³/mol. The fourth-order valence-electron chi connectivity index (χ4n) is 2.23. The van der Waals surface area contributed by atoms with Crippen LogP contribution in [0.15, 0.2) is 24.3 Å². The first-order chi connectivity index (χ1) is 8.08. The van der Waals surface area contributed by atoms with Gasteiger partial charge < -0.3 is 14.9 Å². The lowest BCUT2D eigenvalue weighted by atomic mass is 10.2. The first-order valence-electron chi connectivity index (χ1n) is 5.82. The highest BCUT2D eigenvalue weighted by Crippen LogP contribution is 2.23. The second-order valence-electron chi connectivity index (χ2n) is 4.71. The summed E-state index contributed by atoms with van der Waals surface area (Å²) in [5.74, 6) is -0.866. The van der Waals surface area contributed by atoms with Crippen LogP contribution in [0.1, 0.15) is 16.8 Å². The second kappa shape index (κ2) is 4.75. The number of nitrogens with zero attached hydrogens (tertiary/aromatic N) is 2. The zero-order chi connectivity index (χ0) is 12.4. The summed E-state index contributed by atoms with van der Waals surface area (Å²) in [6.45, 7) is 1.96. The maximum atomic E-state index is 10.9. The Morgan fingerprint density at radius 3 is 2.82 bits per heavy atom. The first kappa shape index (κ1) is 11.9. The normalized spacial score (nSPS) is 19.9. The standard InChI is InChI=1S/C13H18N2O2/c1-14(2)12-6-7-15(9-12)11-5-3-4-10(8-11)13(16)17/h3-5,8,12H,6-7,9H2,1-2H3,(H,16,17). The van der Waals surface area contributed by atoms with Crippen LogP contribution in [-0.4, -0.2) is 49.2 Å². The van der Waals surface area contributed by atoms with E-state index in [-0.39, 0.29) is 0 Å². The van der Waals surface area contributed by atoms with Crippen LogP contribution in [0.2, 0.25) is 0 Å². The highest BCUT2D eigenvalue weighted by molar-refractivity contribution is 5.88. The fourth-order valence-corrected chi connectivity index (χ4v) is 2.23. The summed E-state index contributed by atoms with van der Waals surface area (Å²) < 4.78 is 0. The average molecular weight is 234 g/mol. The monoisotopic (exact) mass is 234 g/mol. The van der Waals surface area contributed by atoms with Crippen LogP contribution in [0, 0.1) is 0 Å². The van der Waals surface area contributed by atoms with Gasteiger partial charge in [0, 0.05) is 24.8 Å². The van der Waals surface area contributed by atoms with E-state index in [0.29, 0.717) is 11.6 Å². The molecule has 4 nitrogen and oxygen atoms in total. The van der Waals surface area contributed by atoms with Crippen LogP contribution in [-0.2, 0) is 0 Å². The molecule has 1 aromatic rings. The van der Waals surface area contributed by atoms with Crippen molar-refractivity contribution in [2.75, 3.05) is 32.1 Å². The van der Waals surface area contributed by atoms with Gasteiger partial charge in [-0.2, -0.15) is 0 Å². The summed E-state index contributed by atoms with van der Waals surface area (Å²) in [7, 11) is 4.17. The van der Waals surface area contributed by atoms with E-state index in [9.17, 15) is 4.79 Å². The van der Waals surface area contributed by atoms with Crippen molar-refractivity contribution in [1.29, 1.82) is 0 Å². The SMILES string of the molecule is CN(C)C1CCN(c2cccc(C(=O)O)c2)C1. The van der Waals surface area contributed by atoms with E-state index in [0.717, 1.165) is 25.2 Å². The highest BCUT2D eigenvalue weighted by Gasteiger charge is 2.24. The Bertz CT molecular complexity index is 418. The van der Waals surface area contributed by atoms with E-state index in [1.165, 1.54) is 0 Å². The lowest BCUT2D eigenvalue weighted by Gasteiger charge is -2.22. The highest BCUT2D eigenvalue weighted by atomic mass is 16.4. The Labute approximate surface area is 101 Å². The van der Waals surface area contributed by atoms with Gasteiger partial charge in [-0.15, -0.1) is 0 Å². The zero-order valence-corrected chi connectivity index (χ0v) is 10.3. The third-order valence-electron chi connectivity index (χ3n) is 3.35. The maximum Gasteiger partial charge on any atom is 0.335 e. The van der Waals surface area contributed by atoms with E-state index in [2.05, 4.69) is 23.9 Å². The first-order valence-corrected chi connectivity index (χ1v) is 5.82. The van der Waals surface area contributed by atoms with Crippen LogP contribution in [0.5, 0.6) is 0 Å². The third kappa shape index (κ3) is 2.58. The lowest BCUT2D eigenvalue weighted by molar-refractivity contribution is 0.0697. The van der Waals surface area contributed by atoms with Gasteiger partial charge >= 0.3 is 5.97 Å². The van der Waals surface area contributed by atoms with Crippen LogP contribution in [0.25, 0.3) is 0 Å². The van der Waals surface area contributed by atoms with Crippen LogP contribution >= 0.6 is 0 Å². The number of carboxylic acid groups (broad SMARTS) is 1. The van der Waals surface area contributed by atoms with Gasteiger partial charge in [-0.3, -0.25) is 0 Å². The van der Waals surface area contributed by atoms with Crippen molar-refractivity contribution in [3.8, 4) is 0 Å². The predicted octanol–water partition coefficient (Wildman–Crippen LogP) is 1.53. The van der Waals surface area contributed by atoms with Crippen LogP contribution < -0.4 is 4.90 Å². The molecule has 0 radical (unpaired) electrons. The number of benzene rings is 1. The van der Waals surface area contributed by atoms with E-state index in [1.54, 1.807) is 12.1 Å². The number of rotatable bonds is 3. The quantitative estimate of drug-likeness (QED) is 0.861. The van der Waals surface area contributed by atoms with Gasteiger partial charge in [-0.25, -0.2) is 4.79 Å². The fraction of sp³-hybridized carbons (Fsp3) is 0.462. The summed E-state index contributed by atoms with van der Waals surface area (Å²) in [6, 6.07) is 7.72. The summed E-state index contributed by atoms with van der Waals surface area (Å²) in [6.07, 6.45) is 1.13.